The first-order valence-electron chi connectivity index (χ1n) is 3.95. The Kier molecular flexibility index (Phi) is 6.18. The van der Waals surface area contributed by atoms with Crippen LogP contribution in [0, 0.1) is 0 Å². The largest absolute Gasteiger partial charge is 0.305 e. The monoisotopic (exact) mass is 171 g/mol. The van der Waals surface area contributed by atoms with Gasteiger partial charge < -0.3 is 4.90 Å². The zero-order chi connectivity index (χ0) is 8.69. The highest BCUT2D eigenvalue weighted by molar-refractivity contribution is 7.07. The van der Waals surface area contributed by atoms with Gasteiger partial charge in [0.1, 0.15) is 0 Å². The van der Waals surface area contributed by atoms with E-state index >= 15 is 0 Å². The van der Waals surface area contributed by atoms with Gasteiger partial charge in [-0.25, -0.2) is 0 Å². The van der Waals surface area contributed by atoms with E-state index in [2.05, 4.69) is 35.8 Å². The van der Waals surface area contributed by atoms with E-state index in [1.165, 1.54) is 5.56 Å². The van der Waals surface area contributed by atoms with E-state index in [4.69, 9.17) is 0 Å². The summed E-state index contributed by atoms with van der Waals surface area (Å²) in [7, 11) is 4.16. The van der Waals surface area contributed by atoms with Crippen LogP contribution in [-0.4, -0.2) is 19.0 Å². The molecule has 1 aromatic heterocycles. The maximum atomic E-state index is 2.18. The lowest BCUT2D eigenvalue weighted by Gasteiger charge is -2.05. The first-order chi connectivity index (χ1) is 5.29. The molecule has 64 valence electrons. The Labute approximate surface area is 73.7 Å². The van der Waals surface area contributed by atoms with Gasteiger partial charge >= 0.3 is 0 Å². The van der Waals surface area contributed by atoms with Crippen LogP contribution >= 0.6 is 11.3 Å². The minimum atomic E-state index is 1.06. The highest BCUT2D eigenvalue weighted by Crippen LogP contribution is 2.06. The lowest BCUT2D eigenvalue weighted by molar-refractivity contribution is 0.403. The van der Waals surface area contributed by atoms with Crippen LogP contribution < -0.4 is 0 Å². The quantitative estimate of drug-likeness (QED) is 0.661. The first-order valence-corrected chi connectivity index (χ1v) is 4.89. The summed E-state index contributed by atoms with van der Waals surface area (Å²) in [5.41, 5.74) is 1.41. The van der Waals surface area contributed by atoms with E-state index < -0.39 is 0 Å². The van der Waals surface area contributed by atoms with Gasteiger partial charge in [0.2, 0.25) is 0 Å². The second-order valence-electron chi connectivity index (χ2n) is 2.37. The van der Waals surface area contributed by atoms with Crippen molar-refractivity contribution in [3.8, 4) is 0 Å². The van der Waals surface area contributed by atoms with Gasteiger partial charge in [0, 0.05) is 6.54 Å². The molecular formula is C9H17NS. The third kappa shape index (κ3) is 4.99. The van der Waals surface area contributed by atoms with Crippen LogP contribution in [0.25, 0.3) is 0 Å². The van der Waals surface area contributed by atoms with Gasteiger partial charge in [-0.1, -0.05) is 13.8 Å². The maximum Gasteiger partial charge on any atom is 0.0235 e. The molecule has 2 heteroatoms. The first kappa shape index (κ1) is 10.7. The Morgan fingerprint density at radius 2 is 2.00 bits per heavy atom. The Bertz CT molecular complexity index is 156. The van der Waals surface area contributed by atoms with Crippen LogP contribution in [-0.2, 0) is 6.54 Å². The molecule has 1 nitrogen and oxygen atoms in total. The summed E-state index contributed by atoms with van der Waals surface area (Å²) in [4.78, 5) is 2.17. The van der Waals surface area contributed by atoms with Crippen molar-refractivity contribution < 1.29 is 0 Å². The molecule has 0 amide bonds. The molecule has 0 aliphatic heterocycles. The van der Waals surface area contributed by atoms with Gasteiger partial charge in [-0.05, 0) is 36.5 Å². The highest BCUT2D eigenvalue weighted by Gasteiger charge is 1.92. The van der Waals surface area contributed by atoms with Gasteiger partial charge in [0.25, 0.3) is 0 Å². The minimum absolute atomic E-state index is 1.06. The van der Waals surface area contributed by atoms with Crippen LogP contribution in [0.1, 0.15) is 19.4 Å². The van der Waals surface area contributed by atoms with E-state index in [1.807, 2.05) is 13.8 Å². The van der Waals surface area contributed by atoms with Crippen molar-refractivity contribution >= 4 is 11.3 Å². The van der Waals surface area contributed by atoms with Crippen LogP contribution in [0.5, 0.6) is 0 Å². The summed E-state index contributed by atoms with van der Waals surface area (Å²) in [5.74, 6) is 0. The van der Waals surface area contributed by atoms with Gasteiger partial charge in [0.05, 0.1) is 0 Å². The number of hydrogen-bond donors (Lipinski definition) is 0. The zero-order valence-corrected chi connectivity index (χ0v) is 8.61. The predicted molar refractivity (Wildman–Crippen MR) is 53.1 cm³/mol. The number of thiophene rings is 1. The fraction of sp³-hybridized carbons (Fsp3) is 0.556. The van der Waals surface area contributed by atoms with Crippen LogP contribution in [0.4, 0.5) is 0 Å². The van der Waals surface area contributed by atoms with Crippen molar-refractivity contribution in [1.82, 2.24) is 4.90 Å². The van der Waals surface area contributed by atoms with Crippen LogP contribution in [0.2, 0.25) is 0 Å². The second-order valence-corrected chi connectivity index (χ2v) is 3.15. The fourth-order valence-electron chi connectivity index (χ4n) is 0.748. The molecule has 0 bridgehead atoms. The molecule has 0 saturated heterocycles. The molecule has 0 aliphatic rings. The summed E-state index contributed by atoms with van der Waals surface area (Å²) in [5, 5.41) is 4.29. The van der Waals surface area contributed by atoms with Gasteiger partial charge in [-0.3, -0.25) is 0 Å². The van der Waals surface area contributed by atoms with E-state index in [9.17, 15) is 0 Å². The van der Waals surface area contributed by atoms with Crippen molar-refractivity contribution in [3.05, 3.63) is 22.4 Å². The molecule has 0 fully saturated rings. The molecule has 1 aromatic rings. The standard InChI is InChI=1S/C7H11NS.C2H6/c1-8(2)5-7-3-4-9-6-7;1-2/h3-4,6H,5H2,1-2H3;1-2H3. The third-order valence-electron chi connectivity index (χ3n) is 1.08. The van der Waals surface area contributed by atoms with Crippen LogP contribution in [0.3, 0.4) is 0 Å². The number of nitrogens with zero attached hydrogens (tertiary/aromatic N) is 1. The topological polar surface area (TPSA) is 3.24 Å². The molecule has 1 rings (SSSR count). The van der Waals surface area contributed by atoms with Crippen molar-refractivity contribution in [3.63, 3.8) is 0 Å². The average molecular weight is 171 g/mol. The predicted octanol–water partition coefficient (Wildman–Crippen LogP) is 2.84. The SMILES string of the molecule is CC.CN(C)Cc1ccsc1. The van der Waals surface area contributed by atoms with Crippen LogP contribution in [0.15, 0.2) is 16.8 Å². The smallest absolute Gasteiger partial charge is 0.0235 e. The number of rotatable bonds is 2. The summed E-state index contributed by atoms with van der Waals surface area (Å²) in [6.45, 7) is 5.06. The average Bonchev–Trinajstić information content (AvgIpc) is 2.43. The molecule has 0 unspecified atom stereocenters. The highest BCUT2D eigenvalue weighted by atomic mass is 32.1. The Morgan fingerprint density at radius 3 is 2.36 bits per heavy atom. The van der Waals surface area contributed by atoms with E-state index in [-0.39, 0.29) is 0 Å². The van der Waals surface area contributed by atoms with Crippen molar-refractivity contribution in [2.24, 2.45) is 0 Å². The van der Waals surface area contributed by atoms with E-state index in [0.29, 0.717) is 0 Å². The van der Waals surface area contributed by atoms with Crippen molar-refractivity contribution in [2.45, 2.75) is 20.4 Å². The Hall–Kier alpha value is -0.340. The minimum Gasteiger partial charge on any atom is -0.305 e. The summed E-state index contributed by atoms with van der Waals surface area (Å²) in [6, 6.07) is 2.16. The Morgan fingerprint density at radius 1 is 1.36 bits per heavy atom. The summed E-state index contributed by atoms with van der Waals surface area (Å²) >= 11 is 1.75. The van der Waals surface area contributed by atoms with Gasteiger partial charge in [0.15, 0.2) is 0 Å². The fourth-order valence-corrected chi connectivity index (χ4v) is 1.41. The summed E-state index contributed by atoms with van der Waals surface area (Å²) < 4.78 is 0. The molecule has 0 saturated carbocycles. The molecule has 0 aliphatic carbocycles. The van der Waals surface area contributed by atoms with Gasteiger partial charge in [-0.15, -0.1) is 0 Å². The molecule has 0 aromatic carbocycles. The maximum absolute atomic E-state index is 2.18. The second kappa shape index (κ2) is 6.38. The molecule has 0 atom stereocenters. The lowest BCUT2D eigenvalue weighted by atomic mass is 10.3. The lowest BCUT2D eigenvalue weighted by Crippen LogP contribution is -2.09. The van der Waals surface area contributed by atoms with E-state index in [0.717, 1.165) is 6.54 Å². The molecule has 11 heavy (non-hydrogen) atoms. The van der Waals surface area contributed by atoms with Crippen molar-refractivity contribution in [1.29, 1.82) is 0 Å². The van der Waals surface area contributed by atoms with E-state index in [1.54, 1.807) is 11.3 Å². The van der Waals surface area contributed by atoms with Crippen molar-refractivity contribution in [2.75, 3.05) is 14.1 Å². The Balaban J connectivity index is 0.000000461. The molecule has 0 spiro atoms. The third-order valence-corrected chi connectivity index (χ3v) is 1.81. The van der Waals surface area contributed by atoms with Gasteiger partial charge in [-0.2, -0.15) is 11.3 Å². The molecule has 1 heterocycles. The molecular weight excluding hydrogens is 154 g/mol. The molecule has 0 radical (unpaired) electrons. The number of hydrogen-bond acceptors (Lipinski definition) is 2. The normalized spacial score (nSPS) is 9.18. The molecule has 0 N–H and O–H groups in total. The zero-order valence-electron chi connectivity index (χ0n) is 7.79. The summed E-state index contributed by atoms with van der Waals surface area (Å²) in [6.07, 6.45) is 0.